The first-order chi connectivity index (χ1) is 10.2. The molecule has 0 aliphatic carbocycles. The van der Waals surface area contributed by atoms with Crippen LogP contribution in [0.15, 0.2) is 16.7 Å². The second kappa shape index (κ2) is 7.12. The molecular weight excluding hydrogens is 270 g/mol. The summed E-state index contributed by atoms with van der Waals surface area (Å²) in [7, 11) is 1.54. The van der Waals surface area contributed by atoms with Crippen molar-refractivity contribution in [3.8, 4) is 17.4 Å². The van der Waals surface area contributed by atoms with E-state index in [1.165, 1.54) is 0 Å². The molecule has 2 unspecified atom stereocenters. The molecule has 0 radical (unpaired) electrons. The van der Waals surface area contributed by atoms with E-state index in [2.05, 4.69) is 46.4 Å². The van der Waals surface area contributed by atoms with Gasteiger partial charge in [-0.15, -0.1) is 10.2 Å². The van der Waals surface area contributed by atoms with Crippen LogP contribution in [-0.4, -0.2) is 40.0 Å². The summed E-state index contributed by atoms with van der Waals surface area (Å²) in [6.07, 6.45) is 1.09. The smallest absolute Gasteiger partial charge is 0.233 e. The lowest BCUT2D eigenvalue weighted by molar-refractivity contribution is 0.331. The van der Waals surface area contributed by atoms with E-state index in [0.29, 0.717) is 23.3 Å². The van der Waals surface area contributed by atoms with Crippen LogP contribution in [-0.2, 0) is 0 Å². The summed E-state index contributed by atoms with van der Waals surface area (Å²) in [5, 5.41) is 15.3. The van der Waals surface area contributed by atoms with Gasteiger partial charge in [0, 0.05) is 12.1 Å². The van der Waals surface area contributed by atoms with E-state index in [9.17, 15) is 0 Å². The molecule has 1 N–H and O–H groups in total. The van der Waals surface area contributed by atoms with Crippen molar-refractivity contribution in [2.45, 2.75) is 39.2 Å². The third kappa shape index (κ3) is 3.75. The van der Waals surface area contributed by atoms with Crippen molar-refractivity contribution in [2.75, 3.05) is 13.7 Å². The van der Waals surface area contributed by atoms with Gasteiger partial charge in [0.1, 0.15) is 5.69 Å². The van der Waals surface area contributed by atoms with Crippen LogP contribution in [0.5, 0.6) is 5.88 Å². The van der Waals surface area contributed by atoms with Crippen molar-refractivity contribution in [2.24, 2.45) is 0 Å². The zero-order chi connectivity index (χ0) is 15.2. The molecule has 0 bridgehead atoms. The second-order valence-electron chi connectivity index (χ2n) is 4.95. The van der Waals surface area contributed by atoms with E-state index >= 15 is 0 Å². The summed E-state index contributed by atoms with van der Waals surface area (Å²) in [5.74, 6) is 1.62. The lowest BCUT2D eigenvalue weighted by atomic mass is 10.0. The molecule has 114 valence electrons. The second-order valence-corrected chi connectivity index (χ2v) is 4.95. The van der Waals surface area contributed by atoms with Crippen LogP contribution in [0, 0.1) is 0 Å². The fourth-order valence-electron chi connectivity index (χ4n) is 1.84. The molecule has 2 aromatic rings. The van der Waals surface area contributed by atoms with Gasteiger partial charge in [-0.2, -0.15) is 4.98 Å². The molecule has 0 amide bonds. The Balaban J connectivity index is 2.09. The quantitative estimate of drug-likeness (QED) is 0.835. The van der Waals surface area contributed by atoms with Crippen molar-refractivity contribution >= 4 is 0 Å². The Kier molecular flexibility index (Phi) is 5.21. The standard InChI is InChI=1S/C14H21N5O2/c1-5-8-15-10(3)9(2)14-16-13(19-21-14)11-6-7-12(20-4)18-17-11/h6-7,9-10,15H,5,8H2,1-4H3. The van der Waals surface area contributed by atoms with Crippen molar-refractivity contribution in [3.63, 3.8) is 0 Å². The lowest BCUT2D eigenvalue weighted by Crippen LogP contribution is -2.31. The molecule has 7 nitrogen and oxygen atoms in total. The Labute approximate surface area is 124 Å². The van der Waals surface area contributed by atoms with Gasteiger partial charge in [-0.25, -0.2) is 0 Å². The Bertz CT molecular complexity index is 555. The topological polar surface area (TPSA) is 86.0 Å². The molecule has 7 heteroatoms. The first-order valence-corrected chi connectivity index (χ1v) is 7.10. The third-order valence-electron chi connectivity index (χ3n) is 3.38. The summed E-state index contributed by atoms with van der Waals surface area (Å²) in [5.41, 5.74) is 0.562. The highest BCUT2D eigenvalue weighted by atomic mass is 16.5. The van der Waals surface area contributed by atoms with Crippen molar-refractivity contribution < 1.29 is 9.26 Å². The molecule has 0 aliphatic heterocycles. The first-order valence-electron chi connectivity index (χ1n) is 7.10. The number of nitrogens with one attached hydrogen (secondary N) is 1. The van der Waals surface area contributed by atoms with Gasteiger partial charge in [-0.1, -0.05) is 19.0 Å². The van der Waals surface area contributed by atoms with Crippen LogP contribution in [0.25, 0.3) is 11.5 Å². The molecular formula is C14H21N5O2. The predicted octanol–water partition coefficient (Wildman–Crippen LogP) is 2.03. The minimum Gasteiger partial charge on any atom is -0.480 e. The molecule has 21 heavy (non-hydrogen) atoms. The van der Waals surface area contributed by atoms with E-state index in [1.54, 1.807) is 19.2 Å². The van der Waals surface area contributed by atoms with Crippen LogP contribution in [0.3, 0.4) is 0 Å². The van der Waals surface area contributed by atoms with Crippen LogP contribution in [0.2, 0.25) is 0 Å². The summed E-state index contributed by atoms with van der Waals surface area (Å²) in [6, 6.07) is 3.73. The zero-order valence-electron chi connectivity index (χ0n) is 12.8. The largest absolute Gasteiger partial charge is 0.480 e. The van der Waals surface area contributed by atoms with Gasteiger partial charge in [0.25, 0.3) is 0 Å². The van der Waals surface area contributed by atoms with Crippen LogP contribution >= 0.6 is 0 Å². The number of aromatic nitrogens is 4. The normalized spacial score (nSPS) is 13.9. The minimum atomic E-state index is 0.129. The summed E-state index contributed by atoms with van der Waals surface area (Å²) >= 11 is 0. The molecule has 2 aromatic heterocycles. The molecule has 2 heterocycles. The number of rotatable bonds is 7. The van der Waals surface area contributed by atoms with Crippen LogP contribution < -0.4 is 10.1 Å². The maximum Gasteiger partial charge on any atom is 0.233 e. The SMILES string of the molecule is CCCNC(C)C(C)c1nc(-c2ccc(OC)nn2)no1. The Morgan fingerprint density at radius 1 is 1.29 bits per heavy atom. The van der Waals surface area contributed by atoms with Gasteiger partial charge >= 0.3 is 0 Å². The number of hydrogen-bond donors (Lipinski definition) is 1. The maximum atomic E-state index is 5.34. The number of nitrogens with zero attached hydrogens (tertiary/aromatic N) is 4. The molecule has 0 saturated heterocycles. The van der Waals surface area contributed by atoms with E-state index in [-0.39, 0.29) is 12.0 Å². The molecule has 0 spiro atoms. The van der Waals surface area contributed by atoms with Gasteiger partial charge in [0.05, 0.1) is 13.0 Å². The fourth-order valence-corrected chi connectivity index (χ4v) is 1.84. The third-order valence-corrected chi connectivity index (χ3v) is 3.38. The summed E-state index contributed by atoms with van der Waals surface area (Å²) in [4.78, 5) is 4.40. The first kappa shape index (κ1) is 15.4. The van der Waals surface area contributed by atoms with E-state index in [1.807, 2.05) is 0 Å². The van der Waals surface area contributed by atoms with Gasteiger partial charge in [-0.05, 0) is 26.0 Å². The van der Waals surface area contributed by atoms with Crippen LogP contribution in [0.4, 0.5) is 0 Å². The summed E-state index contributed by atoms with van der Waals surface area (Å²) in [6.45, 7) is 7.27. The highest BCUT2D eigenvalue weighted by Gasteiger charge is 2.21. The van der Waals surface area contributed by atoms with E-state index in [4.69, 9.17) is 9.26 Å². The maximum absolute atomic E-state index is 5.34. The van der Waals surface area contributed by atoms with Gasteiger partial charge in [0.2, 0.25) is 17.6 Å². The molecule has 0 fully saturated rings. The summed E-state index contributed by atoms with van der Waals surface area (Å²) < 4.78 is 10.3. The number of hydrogen-bond acceptors (Lipinski definition) is 7. The van der Waals surface area contributed by atoms with Crippen LogP contribution in [0.1, 0.15) is 39.0 Å². The predicted molar refractivity (Wildman–Crippen MR) is 78.0 cm³/mol. The van der Waals surface area contributed by atoms with Crippen molar-refractivity contribution in [1.29, 1.82) is 0 Å². The van der Waals surface area contributed by atoms with Gasteiger partial charge in [0.15, 0.2) is 0 Å². The lowest BCUT2D eigenvalue weighted by Gasteiger charge is -2.17. The highest BCUT2D eigenvalue weighted by molar-refractivity contribution is 5.47. The fraction of sp³-hybridized carbons (Fsp3) is 0.571. The molecule has 0 aliphatic rings. The zero-order valence-corrected chi connectivity index (χ0v) is 12.8. The monoisotopic (exact) mass is 291 g/mol. The molecule has 2 rings (SSSR count). The van der Waals surface area contributed by atoms with Crippen molar-refractivity contribution in [1.82, 2.24) is 25.7 Å². The molecule has 2 atom stereocenters. The number of methoxy groups -OCH3 is 1. The minimum absolute atomic E-state index is 0.129. The van der Waals surface area contributed by atoms with E-state index < -0.39 is 0 Å². The average molecular weight is 291 g/mol. The highest BCUT2D eigenvalue weighted by Crippen LogP contribution is 2.21. The van der Waals surface area contributed by atoms with Gasteiger partial charge in [-0.3, -0.25) is 0 Å². The number of ether oxygens (including phenoxy) is 1. The average Bonchev–Trinajstić information content (AvgIpc) is 3.01. The Hall–Kier alpha value is -2.02. The Morgan fingerprint density at radius 3 is 2.71 bits per heavy atom. The molecule has 0 saturated carbocycles. The van der Waals surface area contributed by atoms with Crippen molar-refractivity contribution in [3.05, 3.63) is 18.0 Å². The molecule has 0 aromatic carbocycles. The van der Waals surface area contributed by atoms with Gasteiger partial charge < -0.3 is 14.6 Å². The van der Waals surface area contributed by atoms with E-state index in [0.717, 1.165) is 13.0 Å². The Morgan fingerprint density at radius 2 is 2.10 bits per heavy atom.